The van der Waals surface area contributed by atoms with Crippen LogP contribution in [0.5, 0.6) is 0 Å². The second kappa shape index (κ2) is 7.32. The first-order valence-corrected chi connectivity index (χ1v) is 6.98. The molecule has 5 nitrogen and oxygen atoms in total. The predicted octanol–water partition coefficient (Wildman–Crippen LogP) is 1.40. The van der Waals surface area contributed by atoms with Gasteiger partial charge in [-0.15, -0.1) is 0 Å². The number of hydrogen-bond acceptors (Lipinski definition) is 3. The lowest BCUT2D eigenvalue weighted by Crippen LogP contribution is -2.32. The lowest BCUT2D eigenvalue weighted by Gasteiger charge is -2.09. The highest BCUT2D eigenvalue weighted by molar-refractivity contribution is 14.1. The Balaban J connectivity index is 2.67. The fraction of sp³-hybridized carbons (Fsp3) is 0.333. The number of halogens is 1. The van der Waals surface area contributed by atoms with Crippen molar-refractivity contribution in [1.82, 2.24) is 0 Å². The summed E-state index contributed by atoms with van der Waals surface area (Å²) in [4.78, 5) is 22.1. The highest BCUT2D eigenvalue weighted by atomic mass is 127. The first-order valence-electron chi connectivity index (χ1n) is 5.46. The molecule has 1 aromatic carbocycles. The number of carboxylic acids is 1. The van der Waals surface area contributed by atoms with Crippen molar-refractivity contribution in [2.45, 2.75) is 18.9 Å². The van der Waals surface area contributed by atoms with Crippen molar-refractivity contribution in [2.24, 2.45) is 5.73 Å². The van der Waals surface area contributed by atoms with Gasteiger partial charge in [-0.3, -0.25) is 9.59 Å². The van der Waals surface area contributed by atoms with Gasteiger partial charge in [0.25, 0.3) is 0 Å². The van der Waals surface area contributed by atoms with Crippen LogP contribution in [-0.4, -0.2) is 27.5 Å². The molecule has 0 aliphatic heterocycles. The monoisotopic (exact) mass is 362 g/mol. The average molecular weight is 362 g/mol. The summed E-state index contributed by atoms with van der Waals surface area (Å²) in [7, 11) is 0. The van der Waals surface area contributed by atoms with Crippen LogP contribution in [0.3, 0.4) is 0 Å². The molecular formula is C12H15IN2O3. The van der Waals surface area contributed by atoms with Crippen LogP contribution in [0.1, 0.15) is 12.0 Å². The van der Waals surface area contributed by atoms with Crippen LogP contribution < -0.4 is 11.1 Å². The molecule has 0 aliphatic carbocycles. The van der Waals surface area contributed by atoms with Crippen LogP contribution in [0, 0.1) is 0 Å². The average Bonchev–Trinajstić information content (AvgIpc) is 2.29. The third-order valence-corrected chi connectivity index (χ3v) is 2.84. The second-order valence-electron chi connectivity index (χ2n) is 3.84. The molecule has 1 unspecified atom stereocenters. The maximum absolute atomic E-state index is 11.4. The number of carbonyl (C=O) groups excluding carboxylic acids is 1. The van der Waals surface area contributed by atoms with Gasteiger partial charge in [-0.2, -0.15) is 0 Å². The third-order valence-electron chi connectivity index (χ3n) is 2.31. The zero-order chi connectivity index (χ0) is 13.5. The lowest BCUT2D eigenvalue weighted by atomic mass is 10.1. The molecule has 1 amide bonds. The molecule has 98 valence electrons. The Kier molecular flexibility index (Phi) is 6.06. The molecule has 18 heavy (non-hydrogen) atoms. The van der Waals surface area contributed by atoms with Crippen molar-refractivity contribution in [3.63, 3.8) is 0 Å². The van der Waals surface area contributed by atoms with E-state index in [1.807, 2.05) is 0 Å². The first kappa shape index (κ1) is 14.9. The van der Waals surface area contributed by atoms with E-state index in [0.29, 0.717) is 12.1 Å². The van der Waals surface area contributed by atoms with E-state index in [2.05, 4.69) is 27.9 Å². The molecule has 0 radical (unpaired) electrons. The van der Waals surface area contributed by atoms with E-state index in [9.17, 15) is 9.59 Å². The van der Waals surface area contributed by atoms with Crippen molar-refractivity contribution in [3.05, 3.63) is 29.8 Å². The molecule has 6 heteroatoms. The summed E-state index contributed by atoms with van der Waals surface area (Å²) < 4.78 is 0.757. The molecule has 0 fully saturated rings. The number of hydrogen-bond donors (Lipinski definition) is 3. The van der Waals surface area contributed by atoms with Gasteiger partial charge in [0.2, 0.25) is 5.91 Å². The number of benzene rings is 1. The van der Waals surface area contributed by atoms with Gasteiger partial charge in [0.15, 0.2) is 0 Å². The van der Waals surface area contributed by atoms with E-state index in [1.165, 1.54) is 0 Å². The zero-order valence-corrected chi connectivity index (χ0v) is 11.9. The molecule has 1 rings (SSSR count). The standard InChI is InChI=1S/C12H15IN2O3/c13-5-4-11(16)15-9-3-1-2-8(6-9)7-10(14)12(17)18/h1-3,6,10H,4-5,7,14H2,(H,15,16)(H,17,18). The van der Waals surface area contributed by atoms with Crippen molar-refractivity contribution in [3.8, 4) is 0 Å². The molecule has 0 aromatic heterocycles. The summed E-state index contributed by atoms with van der Waals surface area (Å²) in [6.07, 6.45) is 0.699. The molecule has 1 aromatic rings. The summed E-state index contributed by atoms with van der Waals surface area (Å²) in [6.45, 7) is 0. The lowest BCUT2D eigenvalue weighted by molar-refractivity contribution is -0.138. The Morgan fingerprint density at radius 3 is 2.78 bits per heavy atom. The topological polar surface area (TPSA) is 92.4 Å². The number of alkyl halides is 1. The van der Waals surface area contributed by atoms with Crippen LogP contribution in [0.25, 0.3) is 0 Å². The summed E-state index contributed by atoms with van der Waals surface area (Å²) in [5, 5.41) is 11.5. The van der Waals surface area contributed by atoms with Crippen molar-refractivity contribution in [1.29, 1.82) is 0 Å². The zero-order valence-electron chi connectivity index (χ0n) is 9.73. The predicted molar refractivity (Wildman–Crippen MR) is 77.9 cm³/mol. The highest BCUT2D eigenvalue weighted by Gasteiger charge is 2.12. The van der Waals surface area contributed by atoms with Crippen LogP contribution in [0.15, 0.2) is 24.3 Å². The van der Waals surface area contributed by atoms with Crippen molar-refractivity contribution >= 4 is 40.2 Å². The Morgan fingerprint density at radius 1 is 1.44 bits per heavy atom. The van der Waals surface area contributed by atoms with Crippen LogP contribution in [0.4, 0.5) is 5.69 Å². The number of amides is 1. The smallest absolute Gasteiger partial charge is 0.320 e. The van der Waals surface area contributed by atoms with E-state index in [0.717, 1.165) is 9.99 Å². The van der Waals surface area contributed by atoms with E-state index < -0.39 is 12.0 Å². The number of rotatable bonds is 6. The highest BCUT2D eigenvalue weighted by Crippen LogP contribution is 2.12. The van der Waals surface area contributed by atoms with Gasteiger partial charge in [-0.05, 0) is 24.1 Å². The fourth-order valence-corrected chi connectivity index (χ4v) is 1.92. The number of aliphatic carboxylic acids is 1. The fourth-order valence-electron chi connectivity index (χ4n) is 1.43. The van der Waals surface area contributed by atoms with E-state index >= 15 is 0 Å². The Bertz CT molecular complexity index is 437. The molecule has 0 saturated carbocycles. The minimum atomic E-state index is -1.03. The summed E-state index contributed by atoms with van der Waals surface area (Å²) in [5.41, 5.74) is 6.92. The van der Waals surface area contributed by atoms with Crippen LogP contribution in [-0.2, 0) is 16.0 Å². The number of carbonyl (C=O) groups is 2. The molecule has 1 atom stereocenters. The first-order chi connectivity index (χ1) is 8.52. The van der Waals surface area contributed by atoms with Gasteiger partial charge in [-0.1, -0.05) is 34.7 Å². The SMILES string of the molecule is NC(Cc1cccc(NC(=O)CCI)c1)C(=O)O. The van der Waals surface area contributed by atoms with Crippen molar-refractivity contribution in [2.75, 3.05) is 9.74 Å². The maximum Gasteiger partial charge on any atom is 0.320 e. The minimum absolute atomic E-state index is 0.0518. The molecule has 0 aliphatic rings. The van der Waals surface area contributed by atoms with E-state index in [4.69, 9.17) is 10.8 Å². The maximum atomic E-state index is 11.4. The third kappa shape index (κ3) is 5.01. The molecule has 0 bridgehead atoms. The molecular weight excluding hydrogens is 347 g/mol. The van der Waals surface area contributed by atoms with Gasteiger partial charge < -0.3 is 16.2 Å². The van der Waals surface area contributed by atoms with Gasteiger partial charge >= 0.3 is 5.97 Å². The summed E-state index contributed by atoms with van der Waals surface area (Å²) >= 11 is 2.13. The van der Waals surface area contributed by atoms with Gasteiger partial charge in [0.1, 0.15) is 6.04 Å². The minimum Gasteiger partial charge on any atom is -0.480 e. The summed E-state index contributed by atoms with van der Waals surface area (Å²) in [5.74, 6) is -1.08. The molecule has 4 N–H and O–H groups in total. The Hall–Kier alpha value is -1.15. The van der Waals surface area contributed by atoms with Crippen LogP contribution >= 0.6 is 22.6 Å². The van der Waals surface area contributed by atoms with Crippen LogP contribution in [0.2, 0.25) is 0 Å². The molecule has 0 saturated heterocycles. The van der Waals surface area contributed by atoms with Gasteiger partial charge in [0, 0.05) is 16.5 Å². The number of anilines is 1. The van der Waals surface area contributed by atoms with E-state index in [1.54, 1.807) is 24.3 Å². The largest absolute Gasteiger partial charge is 0.480 e. The van der Waals surface area contributed by atoms with Crippen molar-refractivity contribution < 1.29 is 14.7 Å². The van der Waals surface area contributed by atoms with E-state index in [-0.39, 0.29) is 12.3 Å². The Labute approximate surface area is 119 Å². The number of nitrogens with one attached hydrogen (secondary N) is 1. The molecule has 0 heterocycles. The van der Waals surface area contributed by atoms with Gasteiger partial charge in [-0.25, -0.2) is 0 Å². The number of carboxylic acid groups (broad SMARTS) is 1. The second-order valence-corrected chi connectivity index (χ2v) is 4.92. The summed E-state index contributed by atoms with van der Waals surface area (Å²) in [6, 6.07) is 6.14. The number of nitrogens with two attached hydrogens (primary N) is 1. The quantitative estimate of drug-likeness (QED) is 0.527. The Morgan fingerprint density at radius 2 is 2.17 bits per heavy atom. The van der Waals surface area contributed by atoms with Gasteiger partial charge in [0.05, 0.1) is 0 Å². The normalized spacial score (nSPS) is 11.9. The molecule has 0 spiro atoms.